The summed E-state index contributed by atoms with van der Waals surface area (Å²) in [7, 11) is 1.72. The van der Waals surface area contributed by atoms with Gasteiger partial charge in [-0.25, -0.2) is 14.3 Å². The van der Waals surface area contributed by atoms with Crippen LogP contribution in [-0.4, -0.2) is 39.1 Å². The normalized spacial score (nSPS) is 18.6. The molecule has 8 heteroatoms. The first-order valence-electron chi connectivity index (χ1n) is 5.77. The maximum Gasteiger partial charge on any atom is 0.253 e. The number of ketones is 1. The second-order valence-electron chi connectivity index (χ2n) is 4.08. The molecule has 0 aliphatic carbocycles. The molecule has 0 radical (unpaired) electrons. The van der Waals surface area contributed by atoms with Crippen LogP contribution in [0.5, 0.6) is 0 Å². The van der Waals surface area contributed by atoms with Crippen LogP contribution in [0.15, 0.2) is 34.8 Å². The molecule has 1 amide bonds. The molecule has 0 fully saturated rings. The summed E-state index contributed by atoms with van der Waals surface area (Å²) >= 11 is 2.75. The molecule has 1 unspecified atom stereocenters. The molecule has 20 heavy (non-hydrogen) atoms. The monoisotopic (exact) mass is 306 g/mol. The van der Waals surface area contributed by atoms with Gasteiger partial charge in [0.15, 0.2) is 6.04 Å². The lowest BCUT2D eigenvalue weighted by molar-refractivity contribution is -0.118. The molecule has 1 N–H and O–H groups in total. The van der Waals surface area contributed by atoms with E-state index in [4.69, 9.17) is 0 Å². The lowest BCUT2D eigenvalue weighted by atomic mass is 10.1. The molecule has 3 rings (SSSR count). The van der Waals surface area contributed by atoms with Crippen LogP contribution in [0.2, 0.25) is 0 Å². The Labute approximate surface area is 123 Å². The zero-order valence-corrected chi connectivity index (χ0v) is 12.1. The Morgan fingerprint density at radius 1 is 1.40 bits per heavy atom. The fraction of sp³-hybridized carbons (Fsp3) is 0.167. The number of nitrogens with zero attached hydrogens (tertiary/aromatic N) is 3. The fourth-order valence-electron chi connectivity index (χ4n) is 1.87. The van der Waals surface area contributed by atoms with Gasteiger partial charge in [-0.15, -0.1) is 11.3 Å². The van der Waals surface area contributed by atoms with E-state index in [9.17, 15) is 9.59 Å². The number of carbonyl (C=O) groups excluding carboxylic acids is 2. The summed E-state index contributed by atoms with van der Waals surface area (Å²) in [6, 6.07) is 2.67. The van der Waals surface area contributed by atoms with E-state index in [1.165, 1.54) is 35.7 Å². The van der Waals surface area contributed by atoms with Gasteiger partial charge in [-0.2, -0.15) is 0 Å². The molecule has 2 aromatic rings. The lowest BCUT2D eigenvalue weighted by Crippen LogP contribution is -2.46. The summed E-state index contributed by atoms with van der Waals surface area (Å²) in [5.41, 5.74) is 0. The predicted molar refractivity (Wildman–Crippen MR) is 76.7 cm³/mol. The highest BCUT2D eigenvalue weighted by Crippen LogP contribution is 2.37. The summed E-state index contributed by atoms with van der Waals surface area (Å²) in [5, 5.41) is 4.41. The van der Waals surface area contributed by atoms with Crippen LogP contribution in [0, 0.1) is 0 Å². The minimum Gasteiger partial charge on any atom is -0.293 e. The molecular formula is C12H10N4O2S2. The van der Waals surface area contributed by atoms with E-state index in [0.29, 0.717) is 4.88 Å². The van der Waals surface area contributed by atoms with Crippen molar-refractivity contribution in [1.29, 1.82) is 0 Å². The molecule has 1 aliphatic rings. The van der Waals surface area contributed by atoms with Crippen molar-refractivity contribution < 1.29 is 9.59 Å². The van der Waals surface area contributed by atoms with Gasteiger partial charge < -0.3 is 0 Å². The first-order chi connectivity index (χ1) is 9.66. The quantitative estimate of drug-likeness (QED) is 0.672. The number of likely N-dealkylation sites (N-methyl/N-ethyl adjacent to an activating group) is 1. The van der Waals surface area contributed by atoms with E-state index in [0.717, 1.165) is 4.90 Å². The first-order valence-corrected chi connectivity index (χ1v) is 7.42. The van der Waals surface area contributed by atoms with E-state index in [-0.39, 0.29) is 11.7 Å². The third-order valence-electron chi connectivity index (χ3n) is 2.76. The molecule has 0 saturated carbocycles. The van der Waals surface area contributed by atoms with Crippen molar-refractivity contribution in [3.8, 4) is 0 Å². The molecule has 1 aliphatic heterocycles. The summed E-state index contributed by atoms with van der Waals surface area (Å²) in [5.74, 6) is -0.416. The lowest BCUT2D eigenvalue weighted by Gasteiger charge is -2.28. The van der Waals surface area contributed by atoms with Crippen molar-refractivity contribution in [3.05, 3.63) is 34.8 Å². The van der Waals surface area contributed by atoms with Gasteiger partial charge in [-0.05, 0) is 36.5 Å². The SMILES string of the molecule is CN1Sc2ccsc2C(=O)C1C(=O)Nc1ncccn1. The first kappa shape index (κ1) is 13.2. The second-order valence-corrected chi connectivity index (χ2v) is 6.19. The highest BCUT2D eigenvalue weighted by Gasteiger charge is 2.38. The van der Waals surface area contributed by atoms with Crippen molar-refractivity contribution in [2.75, 3.05) is 12.4 Å². The maximum absolute atomic E-state index is 12.4. The average molecular weight is 306 g/mol. The number of carbonyl (C=O) groups is 2. The highest BCUT2D eigenvalue weighted by atomic mass is 32.2. The zero-order valence-electron chi connectivity index (χ0n) is 10.4. The molecule has 1 atom stereocenters. The number of Topliss-reactive ketones (excluding diaryl/α,β-unsaturated/α-hetero) is 1. The van der Waals surface area contributed by atoms with E-state index in [1.807, 2.05) is 11.4 Å². The molecule has 102 valence electrons. The number of hydrogen-bond acceptors (Lipinski definition) is 7. The molecular weight excluding hydrogens is 296 g/mol. The van der Waals surface area contributed by atoms with Gasteiger partial charge in [-0.1, -0.05) is 0 Å². The van der Waals surface area contributed by atoms with Crippen LogP contribution in [0.1, 0.15) is 9.67 Å². The Kier molecular flexibility index (Phi) is 3.51. The second kappa shape index (κ2) is 5.31. The Hall–Kier alpha value is -1.77. The van der Waals surface area contributed by atoms with Crippen LogP contribution < -0.4 is 5.32 Å². The molecule has 0 saturated heterocycles. The summed E-state index contributed by atoms with van der Waals surface area (Å²) in [4.78, 5) is 34.0. The molecule has 2 aromatic heterocycles. The third kappa shape index (κ3) is 2.33. The molecule has 0 spiro atoms. The Morgan fingerprint density at radius 2 is 2.15 bits per heavy atom. The van der Waals surface area contributed by atoms with Crippen LogP contribution >= 0.6 is 23.3 Å². The van der Waals surface area contributed by atoms with Crippen molar-refractivity contribution in [2.45, 2.75) is 10.9 Å². The van der Waals surface area contributed by atoms with Crippen LogP contribution in [0.3, 0.4) is 0 Å². The smallest absolute Gasteiger partial charge is 0.253 e. The number of aromatic nitrogens is 2. The maximum atomic E-state index is 12.4. The summed E-state index contributed by atoms with van der Waals surface area (Å²) in [6.07, 6.45) is 3.06. The van der Waals surface area contributed by atoms with Gasteiger partial charge in [-0.3, -0.25) is 14.9 Å². The Balaban J connectivity index is 1.83. The van der Waals surface area contributed by atoms with Crippen LogP contribution in [-0.2, 0) is 4.79 Å². The van der Waals surface area contributed by atoms with Gasteiger partial charge in [0, 0.05) is 17.3 Å². The minimum atomic E-state index is -0.866. The number of fused-ring (bicyclic) bond motifs is 1. The number of amides is 1. The van der Waals surface area contributed by atoms with E-state index in [2.05, 4.69) is 15.3 Å². The summed E-state index contributed by atoms with van der Waals surface area (Å²) < 4.78 is 1.65. The Bertz CT molecular complexity index is 658. The van der Waals surface area contributed by atoms with E-state index in [1.54, 1.807) is 17.4 Å². The highest BCUT2D eigenvalue weighted by molar-refractivity contribution is 7.97. The van der Waals surface area contributed by atoms with Crippen molar-refractivity contribution >= 4 is 40.9 Å². The Morgan fingerprint density at radius 3 is 2.90 bits per heavy atom. The number of nitrogens with one attached hydrogen (secondary N) is 1. The topological polar surface area (TPSA) is 75.2 Å². The van der Waals surface area contributed by atoms with Crippen LogP contribution in [0.25, 0.3) is 0 Å². The van der Waals surface area contributed by atoms with Crippen molar-refractivity contribution in [3.63, 3.8) is 0 Å². The van der Waals surface area contributed by atoms with E-state index >= 15 is 0 Å². The number of anilines is 1. The molecule has 3 heterocycles. The number of thiophene rings is 1. The third-order valence-corrected chi connectivity index (χ3v) is 4.85. The molecule has 0 aromatic carbocycles. The van der Waals surface area contributed by atoms with Crippen LogP contribution in [0.4, 0.5) is 5.95 Å². The van der Waals surface area contributed by atoms with Gasteiger partial charge in [0.1, 0.15) is 0 Å². The van der Waals surface area contributed by atoms with Gasteiger partial charge in [0.25, 0.3) is 5.91 Å². The predicted octanol–water partition coefficient (Wildman–Crippen LogP) is 1.68. The van der Waals surface area contributed by atoms with Gasteiger partial charge >= 0.3 is 0 Å². The molecule has 0 bridgehead atoms. The fourth-order valence-corrected chi connectivity index (χ4v) is 3.89. The minimum absolute atomic E-state index is 0.190. The average Bonchev–Trinajstić information content (AvgIpc) is 2.88. The van der Waals surface area contributed by atoms with Gasteiger partial charge in [0.05, 0.1) is 4.88 Å². The van der Waals surface area contributed by atoms with Crippen molar-refractivity contribution in [1.82, 2.24) is 14.3 Å². The summed E-state index contributed by atoms with van der Waals surface area (Å²) in [6.45, 7) is 0. The van der Waals surface area contributed by atoms with Gasteiger partial charge in [0.2, 0.25) is 11.7 Å². The molecule has 6 nitrogen and oxygen atoms in total. The largest absolute Gasteiger partial charge is 0.293 e. The van der Waals surface area contributed by atoms with Crippen molar-refractivity contribution in [2.24, 2.45) is 0 Å². The zero-order chi connectivity index (χ0) is 14.1. The number of hydrogen-bond donors (Lipinski definition) is 1. The standard InChI is InChI=1S/C12H10N4O2S2/c1-16-8(9(17)10-7(20-16)3-6-19-10)11(18)15-12-13-4-2-5-14-12/h2-6,8H,1H3,(H,13,14,15,18). The number of rotatable bonds is 2. The van der Waals surface area contributed by atoms with E-state index < -0.39 is 11.9 Å².